The lowest BCUT2D eigenvalue weighted by Crippen LogP contribution is -1.94. The van der Waals surface area contributed by atoms with Crippen LogP contribution in [0.2, 0.25) is 0 Å². The van der Waals surface area contributed by atoms with Crippen LogP contribution in [0, 0.1) is 0 Å². The third kappa shape index (κ3) is 5.21. The molecule has 0 N–H and O–H groups in total. The molecule has 3 rings (SSSR count). The van der Waals surface area contributed by atoms with Crippen molar-refractivity contribution in [3.63, 3.8) is 0 Å². The Balaban J connectivity index is 1.59. The summed E-state index contributed by atoms with van der Waals surface area (Å²) in [5.74, 6) is 3.51. The van der Waals surface area contributed by atoms with Crippen molar-refractivity contribution < 1.29 is 9.26 Å². The molecule has 0 radical (unpaired) electrons. The van der Waals surface area contributed by atoms with Gasteiger partial charge in [-0.2, -0.15) is 4.98 Å². The number of nitrogens with zero attached hydrogens (tertiary/aromatic N) is 4. The first-order valence-electron chi connectivity index (χ1n) is 8.44. The summed E-state index contributed by atoms with van der Waals surface area (Å²) >= 11 is 4.93. The van der Waals surface area contributed by atoms with Crippen LogP contribution < -0.4 is 4.74 Å². The summed E-state index contributed by atoms with van der Waals surface area (Å²) in [4.78, 5) is 4.48. The van der Waals surface area contributed by atoms with Crippen molar-refractivity contribution in [2.24, 2.45) is 0 Å². The van der Waals surface area contributed by atoms with E-state index in [0.717, 1.165) is 25.7 Å². The Morgan fingerprint density at radius 2 is 1.92 bits per heavy atom. The molecule has 0 fully saturated rings. The minimum atomic E-state index is 0.540. The fraction of sp³-hybridized carbons (Fsp3) is 0.412. The van der Waals surface area contributed by atoms with Crippen LogP contribution in [0.1, 0.15) is 32.6 Å². The lowest BCUT2D eigenvalue weighted by atomic mass is 10.2. The smallest absolute Gasteiger partial charge is 0.237 e. The Labute approximate surface area is 165 Å². The predicted octanol–water partition coefficient (Wildman–Crippen LogP) is 5.17. The molecule has 3 aromatic rings. The summed E-state index contributed by atoms with van der Waals surface area (Å²) in [6.07, 6.45) is 2.39. The molecule has 0 aliphatic rings. The van der Waals surface area contributed by atoms with Crippen molar-refractivity contribution in [3.05, 3.63) is 30.2 Å². The molecule has 0 bridgehead atoms. The van der Waals surface area contributed by atoms with Gasteiger partial charge in [0.1, 0.15) is 5.75 Å². The first kappa shape index (κ1) is 19.2. The zero-order valence-electron chi connectivity index (χ0n) is 14.7. The highest BCUT2D eigenvalue weighted by Gasteiger charge is 2.14. The molecule has 0 unspecified atom stereocenters. The van der Waals surface area contributed by atoms with E-state index in [1.807, 2.05) is 31.2 Å². The molecule has 2 aromatic heterocycles. The molecule has 0 saturated heterocycles. The average molecular weight is 409 g/mol. The maximum Gasteiger partial charge on any atom is 0.237 e. The van der Waals surface area contributed by atoms with Gasteiger partial charge < -0.3 is 9.26 Å². The van der Waals surface area contributed by atoms with Crippen molar-refractivity contribution in [1.82, 2.24) is 20.3 Å². The van der Waals surface area contributed by atoms with Crippen molar-refractivity contribution in [2.45, 2.75) is 41.1 Å². The van der Waals surface area contributed by atoms with Crippen molar-refractivity contribution >= 4 is 34.9 Å². The van der Waals surface area contributed by atoms with Gasteiger partial charge in [-0.15, -0.1) is 10.2 Å². The fourth-order valence-electron chi connectivity index (χ4n) is 2.10. The van der Waals surface area contributed by atoms with E-state index < -0.39 is 0 Å². The van der Waals surface area contributed by atoms with E-state index in [2.05, 4.69) is 27.3 Å². The van der Waals surface area contributed by atoms with Crippen LogP contribution in [-0.4, -0.2) is 32.7 Å². The summed E-state index contributed by atoms with van der Waals surface area (Å²) in [5.41, 5.74) is 0.833. The molecule has 1 aromatic carbocycles. The highest BCUT2D eigenvalue weighted by Crippen LogP contribution is 2.32. The average Bonchev–Trinajstić information content (AvgIpc) is 3.30. The second-order valence-corrected chi connectivity index (χ2v) is 8.81. The van der Waals surface area contributed by atoms with Crippen LogP contribution in [0.5, 0.6) is 5.75 Å². The topological polar surface area (TPSA) is 73.9 Å². The molecule has 0 spiro atoms. The minimum absolute atomic E-state index is 0.540. The first-order valence-corrected chi connectivity index (χ1v) is 11.2. The highest BCUT2D eigenvalue weighted by atomic mass is 32.2. The Bertz CT molecular complexity index is 822. The maximum absolute atomic E-state index is 5.63. The van der Waals surface area contributed by atoms with Crippen LogP contribution in [0.3, 0.4) is 0 Å². The van der Waals surface area contributed by atoms with Gasteiger partial charge in [0.05, 0.1) is 17.9 Å². The Kier molecular flexibility index (Phi) is 7.33. The number of aromatic nitrogens is 4. The number of para-hydroxylation sites is 1. The van der Waals surface area contributed by atoms with Gasteiger partial charge in [0.2, 0.25) is 11.7 Å². The lowest BCUT2D eigenvalue weighted by Gasteiger charge is -2.05. The zero-order chi connectivity index (χ0) is 18.2. The van der Waals surface area contributed by atoms with Crippen LogP contribution in [0.15, 0.2) is 37.5 Å². The van der Waals surface area contributed by atoms with Crippen molar-refractivity contribution in [3.8, 4) is 17.1 Å². The van der Waals surface area contributed by atoms with Crippen LogP contribution in [0.4, 0.5) is 0 Å². The van der Waals surface area contributed by atoms with E-state index in [1.165, 1.54) is 12.8 Å². The number of unbranched alkanes of at least 4 members (excludes halogenated alkanes) is 1. The highest BCUT2D eigenvalue weighted by molar-refractivity contribution is 8.02. The van der Waals surface area contributed by atoms with Gasteiger partial charge >= 0.3 is 0 Å². The van der Waals surface area contributed by atoms with Gasteiger partial charge in [-0.3, -0.25) is 0 Å². The fourth-order valence-corrected chi connectivity index (χ4v) is 5.11. The first-order chi connectivity index (χ1) is 12.8. The number of ether oxygens (including phenoxy) is 1. The van der Waals surface area contributed by atoms with Gasteiger partial charge in [0, 0.05) is 5.75 Å². The summed E-state index contributed by atoms with van der Waals surface area (Å²) < 4.78 is 12.9. The van der Waals surface area contributed by atoms with E-state index in [9.17, 15) is 0 Å². The molecule has 6 nitrogen and oxygen atoms in total. The van der Waals surface area contributed by atoms with Crippen LogP contribution >= 0.6 is 34.9 Å². The van der Waals surface area contributed by atoms with E-state index >= 15 is 0 Å². The van der Waals surface area contributed by atoms with Gasteiger partial charge in [-0.05, 0) is 25.5 Å². The molecule has 9 heteroatoms. The lowest BCUT2D eigenvalue weighted by molar-refractivity contribution is 0.341. The molecular formula is C17H20N4O2S3. The molecule has 26 heavy (non-hydrogen) atoms. The van der Waals surface area contributed by atoms with Gasteiger partial charge in [-0.1, -0.05) is 65.5 Å². The summed E-state index contributed by atoms with van der Waals surface area (Å²) in [6, 6.07) is 7.69. The molecule has 0 saturated carbocycles. The molecule has 0 aliphatic carbocycles. The standard InChI is InChI=1S/C17H20N4O2S3/c1-3-5-10-24-16-19-20-17(26-16)25-11-14-18-15(21-23-14)12-8-6-7-9-13(12)22-4-2/h6-9H,3-5,10-11H2,1-2H3. The number of benzene rings is 1. The summed E-state index contributed by atoms with van der Waals surface area (Å²) in [7, 11) is 0. The quantitative estimate of drug-likeness (QED) is 0.336. The normalized spacial score (nSPS) is 11.0. The molecule has 2 heterocycles. The second kappa shape index (κ2) is 9.94. The summed E-state index contributed by atoms with van der Waals surface area (Å²) in [6.45, 7) is 4.73. The zero-order valence-corrected chi connectivity index (χ0v) is 17.1. The molecule has 0 amide bonds. The van der Waals surface area contributed by atoms with Gasteiger partial charge in [-0.25, -0.2) is 0 Å². The number of hydrogen-bond acceptors (Lipinski definition) is 9. The van der Waals surface area contributed by atoms with Crippen LogP contribution in [-0.2, 0) is 5.75 Å². The predicted molar refractivity (Wildman–Crippen MR) is 106 cm³/mol. The Morgan fingerprint density at radius 3 is 2.73 bits per heavy atom. The largest absolute Gasteiger partial charge is 0.493 e. The third-order valence-corrected chi connectivity index (χ3v) is 6.59. The van der Waals surface area contributed by atoms with Crippen molar-refractivity contribution in [2.75, 3.05) is 12.4 Å². The van der Waals surface area contributed by atoms with Crippen LogP contribution in [0.25, 0.3) is 11.4 Å². The Hall–Kier alpha value is -1.58. The van der Waals surface area contributed by atoms with E-state index in [0.29, 0.717) is 24.1 Å². The molecule has 0 atom stereocenters. The molecular weight excluding hydrogens is 388 g/mol. The Morgan fingerprint density at radius 1 is 1.12 bits per heavy atom. The van der Waals surface area contributed by atoms with Gasteiger partial charge in [0.15, 0.2) is 8.68 Å². The summed E-state index contributed by atoms with van der Waals surface area (Å²) in [5, 5.41) is 12.5. The minimum Gasteiger partial charge on any atom is -0.493 e. The second-order valence-electron chi connectivity index (χ2n) is 5.27. The number of rotatable bonds is 10. The van der Waals surface area contributed by atoms with Crippen molar-refractivity contribution in [1.29, 1.82) is 0 Å². The third-order valence-electron chi connectivity index (χ3n) is 3.33. The molecule has 0 aliphatic heterocycles. The number of thioether (sulfide) groups is 2. The van der Waals surface area contributed by atoms with E-state index in [1.54, 1.807) is 34.9 Å². The monoisotopic (exact) mass is 408 g/mol. The molecule has 138 valence electrons. The number of hydrogen-bond donors (Lipinski definition) is 0. The van der Waals surface area contributed by atoms with E-state index in [-0.39, 0.29) is 0 Å². The van der Waals surface area contributed by atoms with E-state index in [4.69, 9.17) is 9.26 Å². The SMILES string of the molecule is CCCCSc1nnc(SCc2nc(-c3ccccc3OCC)no2)s1. The maximum atomic E-state index is 5.63. The van der Waals surface area contributed by atoms with Gasteiger partial charge in [0.25, 0.3) is 0 Å².